The van der Waals surface area contributed by atoms with Crippen molar-refractivity contribution >= 4 is 11.6 Å². The summed E-state index contributed by atoms with van der Waals surface area (Å²) in [6, 6.07) is 7.64. The normalized spacial score (nSPS) is 25.5. The molecular weight excluding hydrogens is 368 g/mol. The zero-order valence-corrected chi connectivity index (χ0v) is 18.0. The Labute approximate surface area is 174 Å². The number of anilines is 1. The number of rotatable bonds is 9. The average Bonchev–Trinajstić information content (AvgIpc) is 2.73. The van der Waals surface area contributed by atoms with Crippen molar-refractivity contribution in [3.63, 3.8) is 0 Å². The Hall–Kier alpha value is -1.63. The third-order valence-corrected chi connectivity index (χ3v) is 5.89. The van der Waals surface area contributed by atoms with Crippen molar-refractivity contribution in [1.82, 2.24) is 4.90 Å². The van der Waals surface area contributed by atoms with Crippen LogP contribution in [0.4, 0.5) is 5.69 Å². The molecule has 0 bridgehead atoms. The minimum Gasteiger partial charge on any atom is -0.494 e. The molecule has 2 unspecified atom stereocenters. The van der Waals surface area contributed by atoms with Crippen LogP contribution in [0.5, 0.6) is 5.75 Å². The highest BCUT2D eigenvalue weighted by Crippen LogP contribution is 2.36. The van der Waals surface area contributed by atoms with Gasteiger partial charge >= 0.3 is 0 Å². The number of carbonyl (C=O) groups is 1. The molecule has 162 valence electrons. The van der Waals surface area contributed by atoms with Gasteiger partial charge in [-0.15, -0.1) is 0 Å². The maximum Gasteiger partial charge on any atom is 0.256 e. The average molecular weight is 405 g/mol. The molecule has 1 aromatic rings. The van der Waals surface area contributed by atoms with Crippen LogP contribution < -0.4 is 10.1 Å². The Morgan fingerprint density at radius 2 is 2.03 bits per heavy atom. The minimum absolute atomic E-state index is 0.0231. The maximum atomic E-state index is 13.0. The van der Waals surface area contributed by atoms with Crippen LogP contribution in [-0.2, 0) is 14.3 Å². The number of hydrogen-bond donors (Lipinski definition) is 1. The first-order chi connectivity index (χ1) is 14.1. The standard InChI is InChI=1S/C23H36N2O4/c1-3-29-23(11-4-6-19(2)18-23)22(26)24-20-7-9-21(10-8-20)28-15-5-12-25-13-16-27-17-14-25/h7-10,19H,3-6,11-18H2,1-2H3,(H,24,26). The molecule has 1 N–H and O–H groups in total. The summed E-state index contributed by atoms with van der Waals surface area (Å²) in [4.78, 5) is 15.4. The molecule has 1 aliphatic carbocycles. The number of nitrogens with one attached hydrogen (secondary N) is 1. The van der Waals surface area contributed by atoms with Gasteiger partial charge in [0.1, 0.15) is 11.4 Å². The molecule has 1 heterocycles. The number of nitrogens with zero attached hydrogens (tertiary/aromatic N) is 1. The van der Waals surface area contributed by atoms with Gasteiger partial charge in [0.25, 0.3) is 5.91 Å². The van der Waals surface area contributed by atoms with Crippen LogP contribution in [0.15, 0.2) is 24.3 Å². The van der Waals surface area contributed by atoms with Gasteiger partial charge in [-0.05, 0) is 62.8 Å². The van der Waals surface area contributed by atoms with Crippen LogP contribution >= 0.6 is 0 Å². The molecule has 29 heavy (non-hydrogen) atoms. The van der Waals surface area contributed by atoms with E-state index in [1.807, 2.05) is 31.2 Å². The van der Waals surface area contributed by atoms with Gasteiger partial charge in [-0.1, -0.05) is 13.3 Å². The highest BCUT2D eigenvalue weighted by Gasteiger charge is 2.42. The lowest BCUT2D eigenvalue weighted by Crippen LogP contribution is -2.48. The molecule has 0 spiro atoms. The largest absolute Gasteiger partial charge is 0.494 e. The number of benzene rings is 1. The molecule has 6 heteroatoms. The van der Waals surface area contributed by atoms with E-state index in [1.165, 1.54) is 6.42 Å². The molecule has 0 radical (unpaired) electrons. The zero-order chi connectivity index (χ0) is 20.5. The summed E-state index contributed by atoms with van der Waals surface area (Å²) in [6.07, 6.45) is 4.78. The van der Waals surface area contributed by atoms with Crippen molar-refractivity contribution in [3.05, 3.63) is 24.3 Å². The Kier molecular flexibility index (Phi) is 8.33. The van der Waals surface area contributed by atoms with Crippen molar-refractivity contribution in [2.75, 3.05) is 51.4 Å². The monoisotopic (exact) mass is 404 g/mol. The highest BCUT2D eigenvalue weighted by molar-refractivity contribution is 5.97. The van der Waals surface area contributed by atoms with Crippen LogP contribution in [0.2, 0.25) is 0 Å². The second-order valence-electron chi connectivity index (χ2n) is 8.26. The molecule has 1 saturated carbocycles. The van der Waals surface area contributed by atoms with Crippen molar-refractivity contribution in [1.29, 1.82) is 0 Å². The topological polar surface area (TPSA) is 60.0 Å². The van der Waals surface area contributed by atoms with E-state index in [0.29, 0.717) is 19.1 Å². The quantitative estimate of drug-likeness (QED) is 0.636. The first-order valence-corrected chi connectivity index (χ1v) is 11.1. The second-order valence-corrected chi connectivity index (χ2v) is 8.26. The van der Waals surface area contributed by atoms with Crippen LogP contribution in [0.3, 0.4) is 0 Å². The van der Waals surface area contributed by atoms with E-state index in [2.05, 4.69) is 17.1 Å². The third kappa shape index (κ3) is 6.43. The fraction of sp³-hybridized carbons (Fsp3) is 0.696. The van der Waals surface area contributed by atoms with Gasteiger partial charge in [0.05, 0.1) is 19.8 Å². The van der Waals surface area contributed by atoms with E-state index in [-0.39, 0.29) is 5.91 Å². The first kappa shape index (κ1) is 22.1. The lowest BCUT2D eigenvalue weighted by Gasteiger charge is -2.38. The van der Waals surface area contributed by atoms with Gasteiger partial charge in [0, 0.05) is 31.9 Å². The number of carbonyl (C=O) groups excluding carboxylic acids is 1. The Bertz CT molecular complexity index is 626. The van der Waals surface area contributed by atoms with Gasteiger partial charge in [-0.25, -0.2) is 0 Å². The van der Waals surface area contributed by atoms with E-state index in [1.54, 1.807) is 0 Å². The van der Waals surface area contributed by atoms with Crippen molar-refractivity contribution in [3.8, 4) is 5.75 Å². The van der Waals surface area contributed by atoms with Gasteiger partial charge in [-0.2, -0.15) is 0 Å². The predicted molar refractivity (Wildman–Crippen MR) is 114 cm³/mol. The summed E-state index contributed by atoms with van der Waals surface area (Å²) in [7, 11) is 0. The fourth-order valence-electron chi connectivity index (χ4n) is 4.36. The lowest BCUT2D eigenvalue weighted by molar-refractivity contribution is -0.147. The van der Waals surface area contributed by atoms with E-state index in [4.69, 9.17) is 14.2 Å². The van der Waals surface area contributed by atoms with Gasteiger partial charge < -0.3 is 19.5 Å². The van der Waals surface area contributed by atoms with E-state index in [0.717, 1.165) is 70.0 Å². The van der Waals surface area contributed by atoms with E-state index in [9.17, 15) is 4.79 Å². The number of morpholine rings is 1. The van der Waals surface area contributed by atoms with Crippen LogP contribution in [0, 0.1) is 5.92 Å². The molecule has 2 atom stereocenters. The number of hydrogen-bond acceptors (Lipinski definition) is 5. The summed E-state index contributed by atoms with van der Waals surface area (Å²) in [5.41, 5.74) is 0.0918. The van der Waals surface area contributed by atoms with Crippen molar-refractivity contribution in [2.24, 2.45) is 5.92 Å². The fourth-order valence-corrected chi connectivity index (χ4v) is 4.36. The Balaban J connectivity index is 1.45. The summed E-state index contributed by atoms with van der Waals surface area (Å²) < 4.78 is 17.2. The van der Waals surface area contributed by atoms with E-state index >= 15 is 0 Å². The molecule has 1 aliphatic heterocycles. The Morgan fingerprint density at radius 3 is 2.72 bits per heavy atom. The first-order valence-electron chi connectivity index (χ1n) is 11.1. The summed E-state index contributed by atoms with van der Waals surface area (Å²) in [6.45, 7) is 10.1. The third-order valence-electron chi connectivity index (χ3n) is 5.89. The van der Waals surface area contributed by atoms with Crippen LogP contribution in [0.25, 0.3) is 0 Å². The van der Waals surface area contributed by atoms with Crippen LogP contribution in [0.1, 0.15) is 46.0 Å². The predicted octanol–water partition coefficient (Wildman–Crippen LogP) is 3.71. The lowest BCUT2D eigenvalue weighted by atomic mass is 9.78. The number of ether oxygens (including phenoxy) is 3. The van der Waals surface area contributed by atoms with Gasteiger partial charge in [0.15, 0.2) is 0 Å². The summed E-state index contributed by atoms with van der Waals surface area (Å²) >= 11 is 0. The van der Waals surface area contributed by atoms with Gasteiger partial charge in [0.2, 0.25) is 0 Å². The van der Waals surface area contributed by atoms with Crippen molar-refractivity contribution < 1.29 is 19.0 Å². The molecule has 2 aliphatic rings. The second kappa shape index (κ2) is 11.0. The smallest absolute Gasteiger partial charge is 0.256 e. The number of amides is 1. The molecule has 3 rings (SSSR count). The molecule has 6 nitrogen and oxygen atoms in total. The molecule has 1 amide bonds. The molecular formula is C23H36N2O4. The van der Waals surface area contributed by atoms with Crippen molar-refractivity contribution in [2.45, 2.75) is 51.6 Å². The van der Waals surface area contributed by atoms with Gasteiger partial charge in [-0.3, -0.25) is 9.69 Å². The molecule has 1 aromatic carbocycles. The van der Waals surface area contributed by atoms with Crippen LogP contribution in [-0.4, -0.2) is 62.5 Å². The zero-order valence-electron chi connectivity index (χ0n) is 18.0. The maximum absolute atomic E-state index is 13.0. The molecule has 2 fully saturated rings. The summed E-state index contributed by atoms with van der Waals surface area (Å²) in [5.74, 6) is 1.31. The Morgan fingerprint density at radius 1 is 1.28 bits per heavy atom. The summed E-state index contributed by atoms with van der Waals surface area (Å²) in [5, 5.41) is 3.06. The minimum atomic E-state index is -0.693. The molecule has 0 aromatic heterocycles. The highest BCUT2D eigenvalue weighted by atomic mass is 16.5. The SMILES string of the molecule is CCOC1(C(=O)Nc2ccc(OCCCN3CCOCC3)cc2)CCCC(C)C1. The van der Waals surface area contributed by atoms with E-state index < -0.39 is 5.60 Å². The molecule has 1 saturated heterocycles.